The number of guanidine groups is 1. The molecule has 0 bridgehead atoms. The molecule has 1 saturated carbocycles. The van der Waals surface area contributed by atoms with Crippen LogP contribution in [0, 0.1) is 12.8 Å². The van der Waals surface area contributed by atoms with Gasteiger partial charge in [0.25, 0.3) is 0 Å². The summed E-state index contributed by atoms with van der Waals surface area (Å²) in [6.45, 7) is 8.11. The van der Waals surface area contributed by atoms with Gasteiger partial charge in [0.15, 0.2) is 5.96 Å². The molecule has 0 radical (unpaired) electrons. The van der Waals surface area contributed by atoms with E-state index in [0.29, 0.717) is 12.6 Å². The molecule has 27 heavy (non-hydrogen) atoms. The lowest BCUT2D eigenvalue weighted by molar-refractivity contribution is -0.149. The number of carbonyl (C=O) groups is 1. The first-order valence-electron chi connectivity index (χ1n) is 9.89. The molecule has 1 fully saturated rings. The van der Waals surface area contributed by atoms with Crippen LogP contribution < -0.4 is 10.6 Å². The molecule has 0 saturated heterocycles. The maximum absolute atomic E-state index is 11.8. The van der Waals surface area contributed by atoms with Crippen LogP contribution in [-0.4, -0.2) is 37.7 Å². The highest BCUT2D eigenvalue weighted by molar-refractivity contribution is 14.0. The van der Waals surface area contributed by atoms with Crippen LogP contribution in [-0.2, 0) is 16.0 Å². The van der Waals surface area contributed by atoms with Crippen LogP contribution in [0.25, 0.3) is 0 Å². The molecule has 0 unspecified atom stereocenters. The van der Waals surface area contributed by atoms with Gasteiger partial charge in [0.05, 0.1) is 12.5 Å². The number of nitrogens with zero attached hydrogens (tertiary/aromatic N) is 1. The average Bonchev–Trinajstić information content (AvgIpc) is 2.64. The number of aliphatic imine (C=N–C) groups is 1. The summed E-state index contributed by atoms with van der Waals surface area (Å²) in [4.78, 5) is 16.6. The van der Waals surface area contributed by atoms with E-state index in [1.807, 2.05) is 6.92 Å². The van der Waals surface area contributed by atoms with Gasteiger partial charge in [-0.05, 0) is 58.4 Å². The number of hydrogen-bond donors (Lipinski definition) is 2. The SMILES string of the molecule is CCNC(=NCCc1ccc(C)cc1)NC1CCC(C(=O)OCC)CC1.I. The summed E-state index contributed by atoms with van der Waals surface area (Å²) in [6, 6.07) is 9.00. The minimum Gasteiger partial charge on any atom is -0.466 e. The zero-order valence-corrected chi connectivity index (χ0v) is 19.1. The van der Waals surface area contributed by atoms with Gasteiger partial charge in [0.1, 0.15) is 0 Å². The van der Waals surface area contributed by atoms with Gasteiger partial charge >= 0.3 is 5.97 Å². The molecular formula is C21H34IN3O2. The summed E-state index contributed by atoms with van der Waals surface area (Å²) in [6.07, 6.45) is 4.67. The zero-order chi connectivity index (χ0) is 18.8. The van der Waals surface area contributed by atoms with Crippen LogP contribution >= 0.6 is 24.0 Å². The maximum atomic E-state index is 11.8. The van der Waals surface area contributed by atoms with Gasteiger partial charge < -0.3 is 15.4 Å². The molecule has 0 atom stereocenters. The Morgan fingerprint density at radius 2 is 1.81 bits per heavy atom. The molecule has 1 aromatic carbocycles. The lowest BCUT2D eigenvalue weighted by Gasteiger charge is -2.29. The van der Waals surface area contributed by atoms with Crippen LogP contribution in [0.2, 0.25) is 0 Å². The van der Waals surface area contributed by atoms with E-state index in [-0.39, 0.29) is 35.9 Å². The number of aryl methyl sites for hydroxylation is 1. The van der Waals surface area contributed by atoms with E-state index in [1.165, 1.54) is 11.1 Å². The minimum atomic E-state index is -0.0374. The van der Waals surface area contributed by atoms with E-state index in [1.54, 1.807) is 0 Å². The Kier molecular flexibility index (Phi) is 11.4. The summed E-state index contributed by atoms with van der Waals surface area (Å²) in [7, 11) is 0. The zero-order valence-electron chi connectivity index (χ0n) is 16.8. The number of ether oxygens (including phenoxy) is 1. The first-order chi connectivity index (χ1) is 12.6. The largest absolute Gasteiger partial charge is 0.466 e. The number of nitrogens with one attached hydrogen (secondary N) is 2. The first kappa shape index (κ1) is 23.7. The van der Waals surface area contributed by atoms with Gasteiger partial charge in [-0.15, -0.1) is 24.0 Å². The van der Waals surface area contributed by atoms with Crippen molar-refractivity contribution in [3.05, 3.63) is 35.4 Å². The van der Waals surface area contributed by atoms with Gasteiger partial charge in [-0.3, -0.25) is 9.79 Å². The Morgan fingerprint density at radius 1 is 1.15 bits per heavy atom. The van der Waals surface area contributed by atoms with E-state index < -0.39 is 0 Å². The van der Waals surface area contributed by atoms with Crippen molar-refractivity contribution in [3.63, 3.8) is 0 Å². The van der Waals surface area contributed by atoms with Gasteiger partial charge in [-0.2, -0.15) is 0 Å². The Bertz CT molecular complexity index is 582. The summed E-state index contributed by atoms with van der Waals surface area (Å²) < 4.78 is 5.14. The summed E-state index contributed by atoms with van der Waals surface area (Å²) in [5.74, 6) is 0.901. The van der Waals surface area contributed by atoms with Gasteiger partial charge in [-0.25, -0.2) is 0 Å². The van der Waals surface area contributed by atoms with Crippen molar-refractivity contribution in [1.82, 2.24) is 10.6 Å². The predicted molar refractivity (Wildman–Crippen MR) is 122 cm³/mol. The average molecular weight is 487 g/mol. The third kappa shape index (κ3) is 8.49. The quantitative estimate of drug-likeness (QED) is 0.266. The third-order valence-electron chi connectivity index (χ3n) is 4.82. The molecule has 5 nitrogen and oxygen atoms in total. The Morgan fingerprint density at radius 3 is 2.41 bits per heavy atom. The van der Waals surface area contributed by atoms with Crippen molar-refractivity contribution in [1.29, 1.82) is 0 Å². The molecule has 0 spiro atoms. The first-order valence-corrected chi connectivity index (χ1v) is 9.89. The van der Waals surface area contributed by atoms with Crippen molar-refractivity contribution >= 4 is 35.9 Å². The fourth-order valence-corrected chi connectivity index (χ4v) is 3.30. The predicted octanol–water partition coefficient (Wildman–Crippen LogP) is 3.83. The topological polar surface area (TPSA) is 62.7 Å². The molecule has 2 rings (SSSR count). The molecule has 1 aromatic rings. The molecule has 0 heterocycles. The number of carbonyl (C=O) groups excluding carboxylic acids is 1. The van der Waals surface area contributed by atoms with Crippen molar-refractivity contribution in [2.45, 2.75) is 58.9 Å². The van der Waals surface area contributed by atoms with Crippen LogP contribution in [0.1, 0.15) is 50.7 Å². The van der Waals surface area contributed by atoms with E-state index in [9.17, 15) is 4.79 Å². The third-order valence-corrected chi connectivity index (χ3v) is 4.82. The summed E-state index contributed by atoms with van der Waals surface area (Å²) in [5.41, 5.74) is 2.59. The molecular weight excluding hydrogens is 453 g/mol. The second-order valence-electron chi connectivity index (χ2n) is 6.94. The van der Waals surface area contributed by atoms with Crippen LogP contribution in [0.4, 0.5) is 0 Å². The van der Waals surface area contributed by atoms with Gasteiger partial charge in [0.2, 0.25) is 0 Å². The standard InChI is InChI=1S/C21H33N3O2.HI/c1-4-22-21(23-15-14-17-8-6-16(3)7-9-17)24-19-12-10-18(11-13-19)20(25)26-5-2;/h6-9,18-19H,4-5,10-15H2,1-3H3,(H2,22,23,24);1H. The fraction of sp³-hybridized carbons (Fsp3) is 0.619. The van der Waals surface area contributed by atoms with Crippen molar-refractivity contribution in [2.75, 3.05) is 19.7 Å². The summed E-state index contributed by atoms with van der Waals surface area (Å²) >= 11 is 0. The highest BCUT2D eigenvalue weighted by Gasteiger charge is 2.27. The highest BCUT2D eigenvalue weighted by atomic mass is 127. The molecule has 152 valence electrons. The Labute approximate surface area is 180 Å². The second kappa shape index (κ2) is 13.0. The number of rotatable bonds is 7. The molecule has 2 N–H and O–H groups in total. The molecule has 0 aromatic heterocycles. The van der Waals surface area contributed by atoms with E-state index in [2.05, 4.69) is 48.7 Å². The smallest absolute Gasteiger partial charge is 0.308 e. The highest BCUT2D eigenvalue weighted by Crippen LogP contribution is 2.25. The van der Waals surface area contributed by atoms with Crippen molar-refractivity contribution < 1.29 is 9.53 Å². The van der Waals surface area contributed by atoms with Crippen molar-refractivity contribution in [3.8, 4) is 0 Å². The maximum Gasteiger partial charge on any atom is 0.308 e. The van der Waals surface area contributed by atoms with Crippen LogP contribution in [0.3, 0.4) is 0 Å². The number of halogens is 1. The van der Waals surface area contributed by atoms with E-state index in [4.69, 9.17) is 9.73 Å². The lowest BCUT2D eigenvalue weighted by atomic mass is 9.86. The Balaban J connectivity index is 0.00000364. The molecule has 0 aliphatic heterocycles. The van der Waals surface area contributed by atoms with Crippen LogP contribution in [0.15, 0.2) is 29.3 Å². The minimum absolute atomic E-state index is 0. The van der Waals surface area contributed by atoms with Gasteiger partial charge in [0, 0.05) is 19.1 Å². The van der Waals surface area contributed by atoms with E-state index in [0.717, 1.165) is 51.2 Å². The van der Waals surface area contributed by atoms with Crippen LogP contribution in [0.5, 0.6) is 0 Å². The molecule has 6 heteroatoms. The fourth-order valence-electron chi connectivity index (χ4n) is 3.30. The van der Waals surface area contributed by atoms with E-state index >= 15 is 0 Å². The van der Waals surface area contributed by atoms with Gasteiger partial charge in [-0.1, -0.05) is 29.8 Å². The normalized spacial score (nSPS) is 19.7. The molecule has 0 amide bonds. The Hall–Kier alpha value is -1.31. The van der Waals surface area contributed by atoms with Crippen molar-refractivity contribution in [2.24, 2.45) is 10.9 Å². The molecule has 1 aliphatic carbocycles. The summed E-state index contributed by atoms with van der Waals surface area (Å²) in [5, 5.41) is 6.86. The lowest BCUT2D eigenvalue weighted by Crippen LogP contribution is -2.45. The monoisotopic (exact) mass is 487 g/mol. The number of esters is 1. The second-order valence-corrected chi connectivity index (χ2v) is 6.94. The number of benzene rings is 1. The number of hydrogen-bond acceptors (Lipinski definition) is 3. The molecule has 1 aliphatic rings.